The van der Waals surface area contributed by atoms with Gasteiger partial charge in [0, 0.05) is 23.4 Å². The van der Waals surface area contributed by atoms with E-state index in [1.54, 1.807) is 48.5 Å². The van der Waals surface area contributed by atoms with Crippen LogP contribution in [-0.2, 0) is 6.18 Å². The molecule has 0 radical (unpaired) electrons. The number of nitrogens with zero attached hydrogens (tertiary/aromatic N) is 4. The summed E-state index contributed by atoms with van der Waals surface area (Å²) in [5.74, 6) is 0.684. The summed E-state index contributed by atoms with van der Waals surface area (Å²) in [6, 6.07) is 17.3. The Morgan fingerprint density at radius 3 is 2.49 bits per heavy atom. The molecule has 0 spiro atoms. The van der Waals surface area contributed by atoms with Gasteiger partial charge in [0.2, 0.25) is 5.95 Å². The highest BCUT2D eigenvalue weighted by atomic mass is 19.4. The summed E-state index contributed by atoms with van der Waals surface area (Å²) in [6.07, 6.45) is -2.27. The van der Waals surface area contributed by atoms with Gasteiger partial charge in [-0.25, -0.2) is 4.52 Å². The molecule has 5 rings (SSSR count). The molecule has 2 N–H and O–H groups in total. The molecule has 0 saturated carbocycles. The molecule has 3 heterocycles. The predicted molar refractivity (Wildman–Crippen MR) is 136 cm³/mol. The van der Waals surface area contributed by atoms with Crippen LogP contribution in [0.15, 0.2) is 66.7 Å². The number of carbonyl (C=O) groups is 1. The fourth-order valence-electron chi connectivity index (χ4n) is 4.47. The van der Waals surface area contributed by atoms with Gasteiger partial charge in [-0.1, -0.05) is 18.2 Å². The van der Waals surface area contributed by atoms with Gasteiger partial charge in [0.1, 0.15) is 0 Å². The summed E-state index contributed by atoms with van der Waals surface area (Å²) >= 11 is 0. The fourth-order valence-corrected chi connectivity index (χ4v) is 4.47. The molecule has 1 fully saturated rings. The van der Waals surface area contributed by atoms with Crippen LogP contribution in [-0.4, -0.2) is 52.1 Å². The number of piperidine rings is 1. The number of aromatic nitrogens is 3. The SMILES string of the molecule is CN1CCC(CNC(=O)c2ccc(Nc3nc4cccc(-c5cccc(C(F)(F)F)c5)n4n3)cc2)CC1. The van der Waals surface area contributed by atoms with Gasteiger partial charge in [0.15, 0.2) is 5.65 Å². The number of rotatable bonds is 6. The number of likely N-dealkylation sites (tertiary alicyclic amines) is 1. The minimum Gasteiger partial charge on any atom is -0.352 e. The van der Waals surface area contributed by atoms with Gasteiger partial charge in [0.25, 0.3) is 5.91 Å². The number of pyridine rings is 1. The number of benzene rings is 2. The summed E-state index contributed by atoms with van der Waals surface area (Å²) in [4.78, 5) is 19.3. The Bertz CT molecular complexity index is 1390. The second kappa shape index (κ2) is 10.2. The summed E-state index contributed by atoms with van der Waals surface area (Å²) < 4.78 is 41.1. The molecule has 0 unspecified atom stereocenters. The molecule has 0 aliphatic carbocycles. The first-order valence-corrected chi connectivity index (χ1v) is 12.1. The van der Waals surface area contributed by atoms with Crippen molar-refractivity contribution in [2.24, 2.45) is 5.92 Å². The molecule has 192 valence electrons. The van der Waals surface area contributed by atoms with Crippen LogP contribution < -0.4 is 10.6 Å². The molecular formula is C27H27F3N6O. The number of nitrogens with one attached hydrogen (secondary N) is 2. The van der Waals surface area contributed by atoms with Crippen molar-refractivity contribution >= 4 is 23.2 Å². The van der Waals surface area contributed by atoms with E-state index in [2.05, 4.69) is 32.7 Å². The first-order valence-electron chi connectivity index (χ1n) is 12.1. The Hall–Kier alpha value is -3.92. The molecule has 2 aromatic carbocycles. The van der Waals surface area contributed by atoms with Gasteiger partial charge < -0.3 is 15.5 Å². The van der Waals surface area contributed by atoms with Crippen molar-refractivity contribution in [1.82, 2.24) is 24.8 Å². The molecule has 1 amide bonds. The van der Waals surface area contributed by atoms with Gasteiger partial charge in [0.05, 0.1) is 11.3 Å². The van der Waals surface area contributed by atoms with E-state index in [0.29, 0.717) is 46.6 Å². The lowest BCUT2D eigenvalue weighted by molar-refractivity contribution is -0.137. The lowest BCUT2D eigenvalue weighted by Crippen LogP contribution is -2.36. The van der Waals surface area contributed by atoms with E-state index in [4.69, 9.17) is 0 Å². The molecule has 0 bridgehead atoms. The zero-order chi connectivity index (χ0) is 26.0. The van der Waals surface area contributed by atoms with E-state index in [1.165, 1.54) is 10.6 Å². The highest BCUT2D eigenvalue weighted by Gasteiger charge is 2.30. The molecule has 2 aromatic heterocycles. The predicted octanol–water partition coefficient (Wildman–Crippen LogP) is 5.23. The first-order chi connectivity index (χ1) is 17.8. The highest BCUT2D eigenvalue weighted by Crippen LogP contribution is 2.32. The summed E-state index contributed by atoms with van der Waals surface area (Å²) in [5.41, 5.74) is 1.88. The van der Waals surface area contributed by atoms with Crippen molar-refractivity contribution in [2.75, 3.05) is 32.0 Å². The maximum absolute atomic E-state index is 13.2. The van der Waals surface area contributed by atoms with Crippen molar-refractivity contribution in [2.45, 2.75) is 19.0 Å². The molecular weight excluding hydrogens is 481 g/mol. The smallest absolute Gasteiger partial charge is 0.352 e. The molecule has 1 aliphatic heterocycles. The number of halogens is 3. The quantitative estimate of drug-likeness (QED) is 0.373. The van der Waals surface area contributed by atoms with Crippen molar-refractivity contribution < 1.29 is 18.0 Å². The van der Waals surface area contributed by atoms with Gasteiger partial charge >= 0.3 is 6.18 Å². The Morgan fingerprint density at radius 2 is 1.76 bits per heavy atom. The lowest BCUT2D eigenvalue weighted by Gasteiger charge is -2.28. The highest BCUT2D eigenvalue weighted by molar-refractivity contribution is 5.94. The maximum Gasteiger partial charge on any atom is 0.416 e. The summed E-state index contributed by atoms with van der Waals surface area (Å²) in [7, 11) is 2.11. The third-order valence-electron chi connectivity index (χ3n) is 6.64. The normalized spacial score (nSPS) is 15.1. The molecule has 1 aliphatic rings. The zero-order valence-electron chi connectivity index (χ0n) is 20.3. The van der Waals surface area contributed by atoms with Crippen LogP contribution in [0.4, 0.5) is 24.8 Å². The van der Waals surface area contributed by atoms with Crippen molar-refractivity contribution in [3.05, 3.63) is 77.9 Å². The second-order valence-corrected chi connectivity index (χ2v) is 9.35. The number of anilines is 2. The van der Waals surface area contributed by atoms with E-state index >= 15 is 0 Å². The van der Waals surface area contributed by atoms with E-state index in [0.717, 1.165) is 38.1 Å². The molecule has 4 aromatic rings. The maximum atomic E-state index is 13.2. The first kappa shape index (κ1) is 24.8. The van der Waals surface area contributed by atoms with E-state index in [-0.39, 0.29) is 5.91 Å². The number of alkyl halides is 3. The van der Waals surface area contributed by atoms with Crippen molar-refractivity contribution in [3.8, 4) is 11.3 Å². The van der Waals surface area contributed by atoms with Crippen LogP contribution in [0.1, 0.15) is 28.8 Å². The number of carbonyl (C=O) groups excluding carboxylic acids is 1. The lowest BCUT2D eigenvalue weighted by atomic mass is 9.97. The van der Waals surface area contributed by atoms with Gasteiger partial charge in [-0.2, -0.15) is 18.2 Å². The molecule has 37 heavy (non-hydrogen) atoms. The number of hydrogen-bond acceptors (Lipinski definition) is 5. The molecule has 10 heteroatoms. The van der Waals surface area contributed by atoms with Crippen LogP contribution in [0.2, 0.25) is 0 Å². The summed E-state index contributed by atoms with van der Waals surface area (Å²) in [6.45, 7) is 2.78. The van der Waals surface area contributed by atoms with Crippen LogP contribution >= 0.6 is 0 Å². The van der Waals surface area contributed by atoms with Gasteiger partial charge in [-0.05, 0) is 87.4 Å². The average Bonchev–Trinajstić information content (AvgIpc) is 3.31. The topological polar surface area (TPSA) is 74.6 Å². The van der Waals surface area contributed by atoms with Crippen LogP contribution in [0.5, 0.6) is 0 Å². The molecule has 0 atom stereocenters. The largest absolute Gasteiger partial charge is 0.416 e. The van der Waals surface area contributed by atoms with Crippen molar-refractivity contribution in [3.63, 3.8) is 0 Å². The molecule has 1 saturated heterocycles. The van der Waals surface area contributed by atoms with Crippen LogP contribution in [0.25, 0.3) is 16.9 Å². The third-order valence-corrected chi connectivity index (χ3v) is 6.64. The Labute approximate surface area is 212 Å². The molecule has 7 nitrogen and oxygen atoms in total. The van der Waals surface area contributed by atoms with E-state index < -0.39 is 11.7 Å². The second-order valence-electron chi connectivity index (χ2n) is 9.35. The van der Waals surface area contributed by atoms with E-state index in [9.17, 15) is 18.0 Å². The van der Waals surface area contributed by atoms with Crippen LogP contribution in [0.3, 0.4) is 0 Å². The Balaban J connectivity index is 1.27. The van der Waals surface area contributed by atoms with Gasteiger partial charge in [-0.3, -0.25) is 4.79 Å². The third kappa shape index (κ3) is 5.75. The Kier molecular flexibility index (Phi) is 6.84. The summed E-state index contributed by atoms with van der Waals surface area (Å²) in [5, 5.41) is 10.6. The average molecular weight is 509 g/mol. The Morgan fingerprint density at radius 1 is 1.03 bits per heavy atom. The van der Waals surface area contributed by atoms with Crippen LogP contribution in [0, 0.1) is 5.92 Å². The minimum atomic E-state index is -4.44. The fraction of sp³-hybridized carbons (Fsp3) is 0.296. The number of hydrogen-bond donors (Lipinski definition) is 2. The standard InChI is InChI=1S/C27H27F3N6O/c1-35-14-12-18(13-15-35)17-31-25(37)19-8-10-22(11-9-19)32-26-33-24-7-3-6-23(36(24)34-26)20-4-2-5-21(16-20)27(28,29)30/h2-11,16,18H,12-15,17H2,1H3,(H,31,37)(H,32,34). The monoisotopic (exact) mass is 508 g/mol. The zero-order valence-corrected chi connectivity index (χ0v) is 20.3. The number of amides is 1. The van der Waals surface area contributed by atoms with Crippen molar-refractivity contribution in [1.29, 1.82) is 0 Å². The minimum absolute atomic E-state index is 0.109. The number of fused-ring (bicyclic) bond motifs is 1. The van der Waals surface area contributed by atoms with E-state index in [1.807, 2.05) is 0 Å². The van der Waals surface area contributed by atoms with Gasteiger partial charge in [-0.15, -0.1) is 5.10 Å².